The number of hydrogen-bond donors (Lipinski definition) is 1. The minimum absolute atomic E-state index is 0.324. The van der Waals surface area contributed by atoms with E-state index >= 15 is 0 Å². The van der Waals surface area contributed by atoms with E-state index in [2.05, 4.69) is 5.32 Å². The minimum atomic E-state index is -1.09. The molecule has 1 fully saturated rings. The molecule has 1 N–H and O–H groups in total. The molecule has 1 saturated heterocycles. The predicted octanol–water partition coefficient (Wildman–Crippen LogP) is 4.98. The lowest BCUT2D eigenvalue weighted by molar-refractivity contribution is -0.122. The number of halogens is 1. The van der Waals surface area contributed by atoms with Crippen LogP contribution in [0.1, 0.15) is 18.9 Å². The summed E-state index contributed by atoms with van der Waals surface area (Å²) in [6.45, 7) is 1.87. The van der Waals surface area contributed by atoms with Gasteiger partial charge >= 0.3 is 6.03 Å². The first-order valence-corrected chi connectivity index (χ1v) is 9.29. The molecule has 3 amide bonds. The average molecular weight is 390 g/mol. The number of nitrogens with zero attached hydrogens (tertiary/aromatic N) is 1. The normalized spacial score (nSPS) is 18.6. The number of hydrogen-bond acceptors (Lipinski definition) is 3. The summed E-state index contributed by atoms with van der Waals surface area (Å²) in [5.74, 6) is 0.114. The van der Waals surface area contributed by atoms with Gasteiger partial charge in [-0.3, -0.25) is 4.79 Å². The third-order valence-electron chi connectivity index (χ3n) is 5.02. The summed E-state index contributed by atoms with van der Waals surface area (Å²) in [7, 11) is 0. The Balaban J connectivity index is 1.60. The van der Waals surface area contributed by atoms with Gasteiger partial charge in [-0.15, -0.1) is 0 Å². The highest BCUT2D eigenvalue weighted by atomic mass is 19.1. The van der Waals surface area contributed by atoms with Gasteiger partial charge in [-0.1, -0.05) is 43.3 Å². The highest BCUT2D eigenvalue weighted by molar-refractivity contribution is 6.23. The maximum Gasteiger partial charge on any atom is 0.329 e. The second kappa shape index (κ2) is 7.39. The van der Waals surface area contributed by atoms with Crippen molar-refractivity contribution in [2.24, 2.45) is 0 Å². The number of ether oxygens (including phenoxy) is 1. The zero-order valence-corrected chi connectivity index (χ0v) is 15.8. The van der Waals surface area contributed by atoms with Gasteiger partial charge in [-0.25, -0.2) is 14.1 Å². The van der Waals surface area contributed by atoms with E-state index in [-0.39, 0.29) is 5.91 Å². The van der Waals surface area contributed by atoms with Gasteiger partial charge in [0.25, 0.3) is 5.91 Å². The van der Waals surface area contributed by atoms with Crippen LogP contribution < -0.4 is 15.0 Å². The maximum atomic E-state index is 13.3. The van der Waals surface area contributed by atoms with Gasteiger partial charge < -0.3 is 10.1 Å². The van der Waals surface area contributed by atoms with Crippen molar-refractivity contribution in [3.63, 3.8) is 0 Å². The molecule has 0 aromatic heterocycles. The van der Waals surface area contributed by atoms with Crippen molar-refractivity contribution < 1.29 is 18.7 Å². The highest BCUT2D eigenvalue weighted by Crippen LogP contribution is 2.35. The van der Waals surface area contributed by atoms with Crippen LogP contribution in [-0.4, -0.2) is 11.9 Å². The molecule has 0 aliphatic carbocycles. The molecule has 5 nitrogen and oxygen atoms in total. The molecule has 1 aliphatic rings. The SMILES string of the molecule is CCC1(c2ccccc2)NC(=O)N(c2ccc(Oc3cccc(F)c3)cc2)C1=O. The van der Waals surface area contributed by atoms with Crippen LogP contribution >= 0.6 is 0 Å². The third kappa shape index (κ3) is 3.33. The Bertz CT molecular complexity index is 1050. The largest absolute Gasteiger partial charge is 0.457 e. The van der Waals surface area contributed by atoms with Gasteiger partial charge in [0, 0.05) is 6.07 Å². The molecular formula is C23H19FN2O3. The van der Waals surface area contributed by atoms with Gasteiger partial charge in [0.2, 0.25) is 0 Å². The Labute approximate surface area is 167 Å². The Morgan fingerprint density at radius 2 is 1.66 bits per heavy atom. The summed E-state index contributed by atoms with van der Waals surface area (Å²) in [6.07, 6.45) is 0.429. The smallest absolute Gasteiger partial charge is 0.329 e. The maximum absolute atomic E-state index is 13.3. The number of urea groups is 1. The second-order valence-electron chi connectivity index (χ2n) is 6.75. The fourth-order valence-corrected chi connectivity index (χ4v) is 3.50. The van der Waals surface area contributed by atoms with Crippen LogP contribution in [0.15, 0.2) is 78.9 Å². The highest BCUT2D eigenvalue weighted by Gasteiger charge is 2.51. The predicted molar refractivity (Wildman–Crippen MR) is 107 cm³/mol. The van der Waals surface area contributed by atoms with E-state index in [1.54, 1.807) is 36.4 Å². The van der Waals surface area contributed by atoms with Crippen LogP contribution in [0.2, 0.25) is 0 Å². The van der Waals surface area contributed by atoms with Gasteiger partial charge in [0.1, 0.15) is 22.9 Å². The van der Waals surface area contributed by atoms with Crippen LogP contribution in [0.5, 0.6) is 11.5 Å². The van der Waals surface area contributed by atoms with Gasteiger partial charge in [-0.05, 0) is 48.4 Å². The molecule has 1 aliphatic heterocycles. The first kappa shape index (κ1) is 18.7. The summed E-state index contributed by atoms with van der Waals surface area (Å²) in [5.41, 5.74) is 0.0921. The average Bonchev–Trinajstić information content (AvgIpc) is 3.00. The molecule has 4 rings (SSSR count). The number of anilines is 1. The Kier molecular flexibility index (Phi) is 4.76. The first-order valence-electron chi connectivity index (χ1n) is 9.29. The van der Waals surface area contributed by atoms with E-state index in [4.69, 9.17) is 4.74 Å². The zero-order valence-electron chi connectivity index (χ0n) is 15.8. The third-order valence-corrected chi connectivity index (χ3v) is 5.02. The summed E-state index contributed by atoms with van der Waals surface area (Å²) in [5, 5.41) is 2.86. The summed E-state index contributed by atoms with van der Waals surface area (Å²) in [4.78, 5) is 27.1. The fourth-order valence-electron chi connectivity index (χ4n) is 3.50. The van der Waals surface area contributed by atoms with Crippen LogP contribution in [0, 0.1) is 5.82 Å². The molecule has 1 atom stereocenters. The molecule has 6 heteroatoms. The number of imide groups is 1. The number of nitrogens with one attached hydrogen (secondary N) is 1. The number of amides is 3. The van der Waals surface area contributed by atoms with E-state index in [1.807, 2.05) is 37.3 Å². The van der Waals surface area contributed by atoms with Gasteiger partial charge in [0.15, 0.2) is 0 Å². The molecule has 1 heterocycles. The molecule has 3 aromatic carbocycles. The summed E-state index contributed by atoms with van der Waals surface area (Å²) >= 11 is 0. The number of benzene rings is 3. The molecule has 3 aromatic rings. The molecule has 0 spiro atoms. The number of carbonyl (C=O) groups is 2. The van der Waals surface area contributed by atoms with Gasteiger partial charge in [-0.2, -0.15) is 0 Å². The summed E-state index contributed by atoms with van der Waals surface area (Å²) in [6, 6.07) is 21.1. The molecule has 146 valence electrons. The molecule has 0 radical (unpaired) electrons. The molecule has 0 saturated carbocycles. The Morgan fingerprint density at radius 1 is 0.931 bits per heavy atom. The van der Waals surface area contributed by atoms with Crippen molar-refractivity contribution in [2.45, 2.75) is 18.9 Å². The fraction of sp³-hybridized carbons (Fsp3) is 0.130. The molecule has 1 unspecified atom stereocenters. The lowest BCUT2D eigenvalue weighted by Gasteiger charge is -2.25. The lowest BCUT2D eigenvalue weighted by atomic mass is 9.87. The Hall–Kier alpha value is -3.67. The molecule has 29 heavy (non-hydrogen) atoms. The second-order valence-corrected chi connectivity index (χ2v) is 6.75. The van der Waals surface area contributed by atoms with Crippen molar-refractivity contribution in [3.05, 3.63) is 90.2 Å². The van der Waals surface area contributed by atoms with Gasteiger partial charge in [0.05, 0.1) is 5.69 Å². The lowest BCUT2D eigenvalue weighted by Crippen LogP contribution is -2.43. The number of carbonyl (C=O) groups excluding carboxylic acids is 2. The van der Waals surface area contributed by atoms with Crippen LogP contribution in [-0.2, 0) is 10.3 Å². The zero-order chi connectivity index (χ0) is 20.4. The van der Waals surface area contributed by atoms with Crippen molar-refractivity contribution in [2.75, 3.05) is 4.90 Å². The number of rotatable bonds is 5. The minimum Gasteiger partial charge on any atom is -0.457 e. The summed E-state index contributed by atoms with van der Waals surface area (Å²) < 4.78 is 18.9. The van der Waals surface area contributed by atoms with E-state index in [0.29, 0.717) is 23.6 Å². The Morgan fingerprint density at radius 3 is 2.31 bits per heavy atom. The van der Waals surface area contributed by atoms with Crippen LogP contribution in [0.3, 0.4) is 0 Å². The van der Waals surface area contributed by atoms with E-state index in [1.165, 1.54) is 12.1 Å². The first-order chi connectivity index (χ1) is 14.0. The topological polar surface area (TPSA) is 58.6 Å². The monoisotopic (exact) mass is 390 g/mol. The van der Waals surface area contributed by atoms with Crippen molar-refractivity contribution in [1.29, 1.82) is 0 Å². The van der Waals surface area contributed by atoms with E-state index < -0.39 is 17.4 Å². The molecular weight excluding hydrogens is 371 g/mol. The van der Waals surface area contributed by atoms with Crippen molar-refractivity contribution >= 4 is 17.6 Å². The van der Waals surface area contributed by atoms with E-state index in [0.717, 1.165) is 10.5 Å². The molecule has 0 bridgehead atoms. The van der Waals surface area contributed by atoms with Crippen LogP contribution in [0.4, 0.5) is 14.9 Å². The van der Waals surface area contributed by atoms with Crippen molar-refractivity contribution in [3.8, 4) is 11.5 Å². The standard InChI is InChI=1S/C23H19FN2O3/c1-2-23(16-7-4-3-5-8-16)21(27)26(22(28)25-23)18-11-13-19(14-12-18)29-20-10-6-9-17(24)15-20/h3-15H,2H2,1H3,(H,25,28). The van der Waals surface area contributed by atoms with E-state index in [9.17, 15) is 14.0 Å². The van der Waals surface area contributed by atoms with Crippen molar-refractivity contribution in [1.82, 2.24) is 5.32 Å². The van der Waals surface area contributed by atoms with Crippen LogP contribution in [0.25, 0.3) is 0 Å². The quantitative estimate of drug-likeness (QED) is 0.625.